The van der Waals surface area contributed by atoms with Crippen LogP contribution in [0.25, 0.3) is 0 Å². The summed E-state index contributed by atoms with van der Waals surface area (Å²) in [7, 11) is 3.97. The van der Waals surface area contributed by atoms with Crippen LogP contribution in [0.1, 0.15) is 27.4 Å². The zero-order valence-corrected chi connectivity index (χ0v) is 16.1. The summed E-state index contributed by atoms with van der Waals surface area (Å²) in [6, 6.07) is 3.93. The van der Waals surface area contributed by atoms with Crippen molar-refractivity contribution in [2.45, 2.75) is 19.8 Å². The molecule has 1 aromatic heterocycles. The Morgan fingerprint density at radius 1 is 1.20 bits per heavy atom. The van der Waals surface area contributed by atoms with Crippen LogP contribution < -0.4 is 0 Å². The van der Waals surface area contributed by atoms with E-state index in [2.05, 4.69) is 0 Å². The normalized spacial score (nSPS) is 19.7. The van der Waals surface area contributed by atoms with Crippen LogP contribution in [0.15, 0.2) is 24.3 Å². The number of thiophene rings is 1. The highest BCUT2D eigenvalue weighted by atomic mass is 32.1. The van der Waals surface area contributed by atoms with Crippen LogP contribution in [-0.2, 0) is 4.79 Å². The largest absolute Gasteiger partial charge is 0.339 e. The van der Waals surface area contributed by atoms with Crippen molar-refractivity contribution in [1.82, 2.24) is 14.7 Å². The van der Waals surface area contributed by atoms with E-state index in [1.807, 2.05) is 53.9 Å². The van der Waals surface area contributed by atoms with E-state index in [9.17, 15) is 9.59 Å². The summed E-state index contributed by atoms with van der Waals surface area (Å²) in [6.07, 6.45) is 5.59. The van der Waals surface area contributed by atoms with Crippen LogP contribution in [0.3, 0.4) is 0 Å². The predicted molar refractivity (Wildman–Crippen MR) is 101 cm³/mol. The molecule has 0 radical (unpaired) electrons. The third kappa shape index (κ3) is 4.12. The molecule has 5 nitrogen and oxygen atoms in total. The molecule has 2 fully saturated rings. The minimum absolute atomic E-state index is 0.109. The fourth-order valence-corrected chi connectivity index (χ4v) is 4.44. The average molecular weight is 362 g/mol. The zero-order valence-electron chi connectivity index (χ0n) is 15.3. The van der Waals surface area contributed by atoms with Crippen molar-refractivity contribution in [3.8, 4) is 0 Å². The molecule has 6 heteroatoms. The first-order valence-electron chi connectivity index (χ1n) is 8.84. The number of hydrogen-bond donors (Lipinski definition) is 0. The van der Waals surface area contributed by atoms with Gasteiger partial charge in [0.1, 0.15) is 0 Å². The molecule has 0 bridgehead atoms. The first-order valence-corrected chi connectivity index (χ1v) is 9.66. The molecule has 3 rings (SSSR count). The number of carbonyl (C=O) groups is 2. The van der Waals surface area contributed by atoms with Gasteiger partial charge in [0.25, 0.3) is 5.91 Å². The molecule has 1 spiro atoms. The molecule has 3 heterocycles. The first kappa shape index (κ1) is 18.1. The molecule has 0 aliphatic carbocycles. The lowest BCUT2D eigenvalue weighted by Crippen LogP contribution is -2.62. The third-order valence-electron chi connectivity index (χ3n) is 5.16. The highest BCUT2D eigenvalue weighted by Gasteiger charge is 2.47. The van der Waals surface area contributed by atoms with Gasteiger partial charge in [-0.15, -0.1) is 11.3 Å². The Kier molecular flexibility index (Phi) is 5.29. The quantitative estimate of drug-likeness (QED) is 0.773. The maximum atomic E-state index is 12.5. The highest BCUT2D eigenvalue weighted by molar-refractivity contribution is 7.13. The summed E-state index contributed by atoms with van der Waals surface area (Å²) in [5.74, 6) is 0.270. The van der Waals surface area contributed by atoms with Crippen molar-refractivity contribution in [3.05, 3.63) is 34.0 Å². The molecule has 1 aromatic rings. The van der Waals surface area contributed by atoms with Crippen molar-refractivity contribution in [3.63, 3.8) is 0 Å². The van der Waals surface area contributed by atoms with Crippen LogP contribution in [0, 0.1) is 12.3 Å². The molecule has 0 aromatic carbocycles. The summed E-state index contributed by atoms with van der Waals surface area (Å²) in [5.41, 5.74) is 0.228. The van der Waals surface area contributed by atoms with Gasteiger partial charge in [0.05, 0.1) is 4.88 Å². The molecule has 0 saturated carbocycles. The van der Waals surface area contributed by atoms with Crippen molar-refractivity contribution in [2.75, 3.05) is 46.8 Å². The number of carbonyl (C=O) groups excluding carboxylic acids is 2. The third-order valence-corrected chi connectivity index (χ3v) is 6.15. The van der Waals surface area contributed by atoms with Gasteiger partial charge >= 0.3 is 0 Å². The number of likely N-dealkylation sites (N-methyl/N-ethyl adjacent to an activating group) is 1. The maximum absolute atomic E-state index is 12.5. The van der Waals surface area contributed by atoms with Gasteiger partial charge in [-0.05, 0) is 46.0 Å². The Balaban J connectivity index is 1.46. The average Bonchev–Trinajstić information content (AvgIpc) is 2.98. The highest BCUT2D eigenvalue weighted by Crippen LogP contribution is 2.41. The molecule has 0 atom stereocenters. The van der Waals surface area contributed by atoms with Crippen molar-refractivity contribution in [2.24, 2.45) is 5.41 Å². The van der Waals surface area contributed by atoms with E-state index in [1.54, 1.807) is 17.4 Å². The van der Waals surface area contributed by atoms with Gasteiger partial charge in [-0.25, -0.2) is 0 Å². The fourth-order valence-electron chi connectivity index (χ4n) is 3.60. The molecule has 2 amide bonds. The first-order chi connectivity index (χ1) is 11.9. The Hall–Kier alpha value is -1.66. The lowest BCUT2D eigenvalue weighted by atomic mass is 9.72. The second-order valence-electron chi connectivity index (χ2n) is 7.56. The van der Waals surface area contributed by atoms with Crippen molar-refractivity contribution >= 4 is 23.2 Å². The molecule has 2 saturated heterocycles. The Bertz CT molecular complexity index is 664. The molecule has 2 aliphatic rings. The van der Waals surface area contributed by atoms with E-state index < -0.39 is 0 Å². The maximum Gasteiger partial charge on any atom is 0.263 e. The number of aryl methyl sites for hydroxylation is 1. The van der Waals surface area contributed by atoms with Crippen LogP contribution in [0.4, 0.5) is 0 Å². The van der Waals surface area contributed by atoms with Crippen LogP contribution in [0.2, 0.25) is 0 Å². The molecule has 0 N–H and O–H groups in total. The lowest BCUT2D eigenvalue weighted by Gasteiger charge is -2.53. The number of hydrogen-bond acceptors (Lipinski definition) is 4. The van der Waals surface area contributed by atoms with Crippen LogP contribution >= 0.6 is 11.3 Å². The number of amides is 2. The van der Waals surface area contributed by atoms with Gasteiger partial charge in [0.15, 0.2) is 0 Å². The van der Waals surface area contributed by atoms with Gasteiger partial charge in [0, 0.05) is 49.1 Å². The molecule has 25 heavy (non-hydrogen) atoms. The molecule has 0 unspecified atom stereocenters. The number of rotatable bonds is 4. The summed E-state index contributed by atoms with van der Waals surface area (Å²) in [6.45, 7) is 6.07. The van der Waals surface area contributed by atoms with E-state index in [0.29, 0.717) is 0 Å². The topological polar surface area (TPSA) is 43.9 Å². The standard InChI is InChI=1S/C19H27N3O2S/c1-15-6-7-16(25-15)18(24)22-13-19(14-22)8-11-21(12-9-19)17(23)5-4-10-20(2)3/h4-7H,8-14H2,1-3H3/b5-4+. The number of nitrogens with zero attached hydrogens (tertiary/aromatic N) is 3. The van der Waals surface area contributed by atoms with Gasteiger partial charge in [-0.2, -0.15) is 0 Å². The van der Waals surface area contributed by atoms with Crippen molar-refractivity contribution in [1.29, 1.82) is 0 Å². The lowest BCUT2D eigenvalue weighted by molar-refractivity contribution is -0.130. The number of piperidine rings is 1. The van der Waals surface area contributed by atoms with E-state index in [1.165, 1.54) is 4.88 Å². The van der Waals surface area contributed by atoms with Gasteiger partial charge in [0.2, 0.25) is 5.91 Å². The van der Waals surface area contributed by atoms with Gasteiger partial charge < -0.3 is 14.7 Å². The predicted octanol–water partition coefficient (Wildman–Crippen LogP) is 2.24. The smallest absolute Gasteiger partial charge is 0.263 e. The number of likely N-dealkylation sites (tertiary alicyclic amines) is 2. The van der Waals surface area contributed by atoms with Crippen LogP contribution in [-0.4, -0.2) is 73.3 Å². The van der Waals surface area contributed by atoms with Gasteiger partial charge in [-0.3, -0.25) is 9.59 Å². The molecule has 2 aliphatic heterocycles. The summed E-state index contributed by atoms with van der Waals surface area (Å²) >= 11 is 1.57. The van der Waals surface area contributed by atoms with Crippen LogP contribution in [0.5, 0.6) is 0 Å². The summed E-state index contributed by atoms with van der Waals surface area (Å²) in [4.78, 5) is 32.6. The minimum Gasteiger partial charge on any atom is -0.339 e. The SMILES string of the molecule is Cc1ccc(C(=O)N2CC3(CCN(C(=O)/C=C/CN(C)C)CC3)C2)s1. The molecular weight excluding hydrogens is 334 g/mol. The van der Waals surface area contributed by atoms with Gasteiger partial charge in [-0.1, -0.05) is 6.08 Å². The summed E-state index contributed by atoms with van der Waals surface area (Å²) in [5, 5.41) is 0. The molecular formula is C19H27N3O2S. The monoisotopic (exact) mass is 361 g/mol. The Labute approximate surface area is 153 Å². The second-order valence-corrected chi connectivity index (χ2v) is 8.85. The van der Waals surface area contributed by atoms with E-state index >= 15 is 0 Å². The molecule has 136 valence electrons. The van der Waals surface area contributed by atoms with E-state index in [4.69, 9.17) is 0 Å². The Morgan fingerprint density at radius 3 is 2.44 bits per heavy atom. The van der Waals surface area contributed by atoms with Crippen molar-refractivity contribution < 1.29 is 9.59 Å². The minimum atomic E-state index is 0.109. The zero-order chi connectivity index (χ0) is 18.0. The Morgan fingerprint density at radius 2 is 1.88 bits per heavy atom. The summed E-state index contributed by atoms with van der Waals surface area (Å²) < 4.78 is 0. The van der Waals surface area contributed by atoms with E-state index in [0.717, 1.165) is 50.4 Å². The second kappa shape index (κ2) is 7.30. The van der Waals surface area contributed by atoms with E-state index in [-0.39, 0.29) is 17.2 Å². The fraction of sp³-hybridized carbons (Fsp3) is 0.579.